The van der Waals surface area contributed by atoms with E-state index in [1.54, 1.807) is 13.2 Å². The molecule has 1 aliphatic heterocycles. The summed E-state index contributed by atoms with van der Waals surface area (Å²) in [6, 6.07) is 1.75. The quantitative estimate of drug-likeness (QED) is 0.780. The number of aromatic nitrogens is 2. The minimum Gasteiger partial charge on any atom is -0.481 e. The van der Waals surface area contributed by atoms with Crippen molar-refractivity contribution in [1.29, 1.82) is 0 Å². The van der Waals surface area contributed by atoms with Gasteiger partial charge in [-0.25, -0.2) is 0 Å². The van der Waals surface area contributed by atoms with Gasteiger partial charge in [-0.05, 0) is 25.9 Å². The highest BCUT2D eigenvalue weighted by atomic mass is 16.5. The summed E-state index contributed by atoms with van der Waals surface area (Å²) in [7, 11) is 1.57. The summed E-state index contributed by atoms with van der Waals surface area (Å²) in [4.78, 5) is 10.5. The molecule has 0 spiro atoms. The van der Waals surface area contributed by atoms with E-state index in [1.165, 1.54) is 25.9 Å². The first-order valence-corrected chi connectivity index (χ1v) is 5.93. The summed E-state index contributed by atoms with van der Waals surface area (Å²) >= 11 is 0. The third kappa shape index (κ3) is 3.45. The molecule has 6 nitrogen and oxygen atoms in total. The highest BCUT2D eigenvalue weighted by Crippen LogP contribution is 2.14. The Hall–Kier alpha value is -1.56. The second-order valence-electron chi connectivity index (χ2n) is 4.13. The SMILES string of the molecule is COc1cc(NCCN2CCCC2)nc(N)n1. The molecule has 1 fully saturated rings. The maximum absolute atomic E-state index is 5.58. The molecule has 94 valence electrons. The molecular formula is C11H19N5O. The average molecular weight is 237 g/mol. The van der Waals surface area contributed by atoms with Crippen LogP contribution >= 0.6 is 0 Å². The first-order valence-electron chi connectivity index (χ1n) is 5.93. The van der Waals surface area contributed by atoms with Gasteiger partial charge in [0.25, 0.3) is 0 Å². The fourth-order valence-corrected chi connectivity index (χ4v) is 1.99. The Morgan fingerprint density at radius 2 is 2.18 bits per heavy atom. The highest BCUT2D eigenvalue weighted by molar-refractivity contribution is 5.42. The van der Waals surface area contributed by atoms with Gasteiger partial charge >= 0.3 is 0 Å². The van der Waals surface area contributed by atoms with E-state index in [1.807, 2.05) is 0 Å². The van der Waals surface area contributed by atoms with Gasteiger partial charge in [-0.1, -0.05) is 0 Å². The molecule has 0 unspecified atom stereocenters. The van der Waals surface area contributed by atoms with Crippen LogP contribution in [-0.2, 0) is 0 Å². The van der Waals surface area contributed by atoms with E-state index in [0.29, 0.717) is 11.7 Å². The fourth-order valence-electron chi connectivity index (χ4n) is 1.99. The number of hydrogen-bond donors (Lipinski definition) is 2. The van der Waals surface area contributed by atoms with Crippen molar-refractivity contribution in [1.82, 2.24) is 14.9 Å². The molecule has 0 amide bonds. The number of likely N-dealkylation sites (tertiary alicyclic amines) is 1. The van der Waals surface area contributed by atoms with Crippen LogP contribution in [0, 0.1) is 0 Å². The van der Waals surface area contributed by atoms with Crippen molar-refractivity contribution in [2.75, 3.05) is 44.3 Å². The topological polar surface area (TPSA) is 76.3 Å². The Labute approximate surface area is 101 Å². The second kappa shape index (κ2) is 5.67. The summed E-state index contributed by atoms with van der Waals surface area (Å²) in [5, 5.41) is 3.23. The Balaban J connectivity index is 1.83. The van der Waals surface area contributed by atoms with Gasteiger partial charge in [-0.15, -0.1) is 0 Å². The number of nitrogens with two attached hydrogens (primary N) is 1. The van der Waals surface area contributed by atoms with Gasteiger partial charge in [-0.3, -0.25) is 0 Å². The summed E-state index contributed by atoms with van der Waals surface area (Å²) in [6.07, 6.45) is 2.63. The van der Waals surface area contributed by atoms with Crippen LogP contribution in [0.1, 0.15) is 12.8 Å². The third-order valence-corrected chi connectivity index (χ3v) is 2.86. The number of rotatable bonds is 5. The van der Waals surface area contributed by atoms with Gasteiger partial charge in [0.1, 0.15) is 5.82 Å². The molecule has 0 radical (unpaired) electrons. The van der Waals surface area contributed by atoms with Crippen LogP contribution in [0.25, 0.3) is 0 Å². The molecule has 17 heavy (non-hydrogen) atoms. The Bertz CT molecular complexity index is 365. The number of nitrogen functional groups attached to an aromatic ring is 1. The van der Waals surface area contributed by atoms with Gasteiger partial charge in [0, 0.05) is 19.2 Å². The lowest BCUT2D eigenvalue weighted by Gasteiger charge is -2.15. The van der Waals surface area contributed by atoms with Crippen LogP contribution in [0.5, 0.6) is 5.88 Å². The first kappa shape index (κ1) is 11.9. The molecule has 2 heterocycles. The maximum Gasteiger partial charge on any atom is 0.225 e. The standard InChI is InChI=1S/C11H19N5O/c1-17-10-8-9(14-11(12)15-10)13-4-7-16-5-2-3-6-16/h8H,2-7H2,1H3,(H3,12,13,14,15). The largest absolute Gasteiger partial charge is 0.481 e. The molecule has 1 saturated heterocycles. The third-order valence-electron chi connectivity index (χ3n) is 2.86. The molecule has 2 rings (SSSR count). The molecule has 0 aromatic carbocycles. The van der Waals surface area contributed by atoms with Gasteiger partial charge in [0.05, 0.1) is 7.11 Å². The lowest BCUT2D eigenvalue weighted by Crippen LogP contribution is -2.26. The van der Waals surface area contributed by atoms with Crippen LogP contribution in [0.3, 0.4) is 0 Å². The monoisotopic (exact) mass is 237 g/mol. The predicted molar refractivity (Wildman–Crippen MR) is 67.2 cm³/mol. The molecule has 0 atom stereocenters. The number of hydrogen-bond acceptors (Lipinski definition) is 6. The molecule has 3 N–H and O–H groups in total. The van der Waals surface area contributed by atoms with E-state index in [2.05, 4.69) is 20.2 Å². The van der Waals surface area contributed by atoms with Crippen LogP contribution < -0.4 is 15.8 Å². The molecule has 1 aliphatic rings. The number of anilines is 2. The van der Waals surface area contributed by atoms with E-state index >= 15 is 0 Å². The van der Waals surface area contributed by atoms with Gasteiger partial charge in [-0.2, -0.15) is 9.97 Å². The fraction of sp³-hybridized carbons (Fsp3) is 0.636. The van der Waals surface area contributed by atoms with Crippen molar-refractivity contribution in [3.63, 3.8) is 0 Å². The molecule has 0 aliphatic carbocycles. The van der Waals surface area contributed by atoms with Crippen LogP contribution in [0.15, 0.2) is 6.07 Å². The van der Waals surface area contributed by atoms with E-state index in [4.69, 9.17) is 10.5 Å². The first-order chi connectivity index (χ1) is 8.28. The zero-order valence-electron chi connectivity index (χ0n) is 10.1. The smallest absolute Gasteiger partial charge is 0.225 e. The van der Waals surface area contributed by atoms with E-state index < -0.39 is 0 Å². The number of nitrogens with one attached hydrogen (secondary N) is 1. The second-order valence-corrected chi connectivity index (χ2v) is 4.13. The van der Waals surface area contributed by atoms with Gasteiger partial charge in [0.2, 0.25) is 11.8 Å². The van der Waals surface area contributed by atoms with Crippen molar-refractivity contribution in [3.8, 4) is 5.88 Å². The Morgan fingerprint density at radius 1 is 1.41 bits per heavy atom. The van der Waals surface area contributed by atoms with Gasteiger partial charge < -0.3 is 20.7 Å². The van der Waals surface area contributed by atoms with E-state index in [-0.39, 0.29) is 5.95 Å². The van der Waals surface area contributed by atoms with Crippen LogP contribution in [0.2, 0.25) is 0 Å². The summed E-state index contributed by atoms with van der Waals surface area (Å²) in [6.45, 7) is 4.31. The molecular weight excluding hydrogens is 218 g/mol. The average Bonchev–Trinajstić information content (AvgIpc) is 2.81. The summed E-state index contributed by atoms with van der Waals surface area (Å²) in [5.74, 6) is 1.43. The van der Waals surface area contributed by atoms with E-state index in [9.17, 15) is 0 Å². The zero-order valence-corrected chi connectivity index (χ0v) is 10.1. The normalized spacial score (nSPS) is 16.1. The molecule has 1 aromatic heterocycles. The Kier molecular flexibility index (Phi) is 3.98. The van der Waals surface area contributed by atoms with Crippen molar-refractivity contribution in [3.05, 3.63) is 6.07 Å². The summed E-state index contributed by atoms with van der Waals surface area (Å²) < 4.78 is 5.03. The number of ether oxygens (including phenoxy) is 1. The van der Waals surface area contributed by atoms with E-state index in [0.717, 1.165) is 13.1 Å². The Morgan fingerprint density at radius 3 is 2.88 bits per heavy atom. The number of methoxy groups -OCH3 is 1. The number of nitrogens with zero attached hydrogens (tertiary/aromatic N) is 3. The predicted octanol–water partition coefficient (Wildman–Crippen LogP) is 0.575. The van der Waals surface area contributed by atoms with Crippen molar-refractivity contribution >= 4 is 11.8 Å². The lowest BCUT2D eigenvalue weighted by atomic mass is 10.4. The van der Waals surface area contributed by atoms with Crippen LogP contribution in [-0.4, -0.2) is 48.2 Å². The highest BCUT2D eigenvalue weighted by Gasteiger charge is 2.10. The van der Waals surface area contributed by atoms with Crippen molar-refractivity contribution in [2.24, 2.45) is 0 Å². The minimum atomic E-state index is 0.230. The lowest BCUT2D eigenvalue weighted by molar-refractivity contribution is 0.352. The van der Waals surface area contributed by atoms with Crippen molar-refractivity contribution in [2.45, 2.75) is 12.8 Å². The van der Waals surface area contributed by atoms with Crippen molar-refractivity contribution < 1.29 is 4.74 Å². The maximum atomic E-state index is 5.58. The minimum absolute atomic E-state index is 0.230. The molecule has 0 saturated carbocycles. The molecule has 6 heteroatoms. The molecule has 1 aromatic rings. The molecule has 0 bridgehead atoms. The summed E-state index contributed by atoms with van der Waals surface area (Å²) in [5.41, 5.74) is 5.58. The zero-order chi connectivity index (χ0) is 12.1. The van der Waals surface area contributed by atoms with Gasteiger partial charge in [0.15, 0.2) is 0 Å². The van der Waals surface area contributed by atoms with Crippen LogP contribution in [0.4, 0.5) is 11.8 Å².